The molecule has 0 amide bonds. The van der Waals surface area contributed by atoms with Crippen molar-refractivity contribution in [3.8, 4) is 11.5 Å². The van der Waals surface area contributed by atoms with Gasteiger partial charge in [0.15, 0.2) is 11.5 Å². The molecule has 1 fully saturated rings. The first-order chi connectivity index (χ1) is 14.0. The number of hydrogen-bond acceptors (Lipinski definition) is 8. The molecule has 8 nitrogen and oxygen atoms in total. The molecule has 1 aliphatic rings. The van der Waals surface area contributed by atoms with Gasteiger partial charge in [-0.15, -0.1) is 0 Å². The summed E-state index contributed by atoms with van der Waals surface area (Å²) in [5, 5.41) is 14.3. The minimum absolute atomic E-state index is 0.460. The number of methoxy groups -OCH3 is 2. The standard InChI is InChI=1S/C21H30N4O4/c1-16-10-20(24-15-23-16)25-7-6-21(26,14-25)13-22-12-17-4-5-18(28-3)19(11-17)29-9-8-27-2/h4-5,10-11,15,22,26H,6-9,12-14H2,1-3H3. The van der Waals surface area contributed by atoms with E-state index in [-0.39, 0.29) is 0 Å². The highest BCUT2D eigenvalue weighted by Gasteiger charge is 2.36. The number of benzene rings is 1. The van der Waals surface area contributed by atoms with Gasteiger partial charge >= 0.3 is 0 Å². The van der Waals surface area contributed by atoms with Crippen LogP contribution in [0.3, 0.4) is 0 Å². The molecule has 0 bridgehead atoms. The van der Waals surface area contributed by atoms with Gasteiger partial charge < -0.3 is 29.5 Å². The van der Waals surface area contributed by atoms with Crippen LogP contribution in [0.1, 0.15) is 17.7 Å². The van der Waals surface area contributed by atoms with E-state index < -0.39 is 5.60 Å². The van der Waals surface area contributed by atoms with Crippen LogP contribution in [0.5, 0.6) is 11.5 Å². The van der Waals surface area contributed by atoms with Crippen LogP contribution in [0, 0.1) is 6.92 Å². The number of aromatic nitrogens is 2. The number of aliphatic hydroxyl groups is 1. The summed E-state index contributed by atoms with van der Waals surface area (Å²) in [4.78, 5) is 10.6. The molecule has 2 N–H and O–H groups in total. The summed E-state index contributed by atoms with van der Waals surface area (Å²) in [6.45, 7) is 5.36. The number of nitrogens with zero attached hydrogens (tertiary/aromatic N) is 3. The molecule has 2 aromatic rings. The SMILES string of the molecule is COCCOc1cc(CNCC2(O)CCN(c3cc(C)ncn3)C2)ccc1OC. The average Bonchev–Trinajstić information content (AvgIpc) is 3.11. The van der Waals surface area contributed by atoms with E-state index in [0.717, 1.165) is 23.6 Å². The zero-order chi connectivity index (χ0) is 20.7. The Morgan fingerprint density at radius 3 is 2.79 bits per heavy atom. The zero-order valence-electron chi connectivity index (χ0n) is 17.4. The van der Waals surface area contributed by atoms with E-state index in [9.17, 15) is 5.11 Å². The van der Waals surface area contributed by atoms with Crippen molar-refractivity contribution >= 4 is 5.82 Å². The zero-order valence-corrected chi connectivity index (χ0v) is 17.4. The van der Waals surface area contributed by atoms with E-state index in [1.807, 2.05) is 31.2 Å². The minimum atomic E-state index is -0.789. The Balaban J connectivity index is 1.53. The molecule has 1 aliphatic heterocycles. The fourth-order valence-electron chi connectivity index (χ4n) is 3.43. The second kappa shape index (κ2) is 9.87. The van der Waals surface area contributed by atoms with Crippen LogP contribution in [-0.4, -0.2) is 67.7 Å². The van der Waals surface area contributed by atoms with Crippen molar-refractivity contribution in [1.29, 1.82) is 0 Å². The third-order valence-corrected chi connectivity index (χ3v) is 5.00. The summed E-state index contributed by atoms with van der Waals surface area (Å²) in [6, 6.07) is 7.78. The maximum absolute atomic E-state index is 10.9. The Morgan fingerprint density at radius 2 is 2.03 bits per heavy atom. The molecule has 8 heteroatoms. The lowest BCUT2D eigenvalue weighted by Gasteiger charge is -2.24. The van der Waals surface area contributed by atoms with E-state index in [2.05, 4.69) is 20.2 Å². The minimum Gasteiger partial charge on any atom is -0.493 e. The summed E-state index contributed by atoms with van der Waals surface area (Å²) < 4.78 is 16.1. The number of aryl methyl sites for hydroxylation is 1. The third kappa shape index (κ3) is 5.79. The van der Waals surface area contributed by atoms with Gasteiger partial charge in [0.2, 0.25) is 0 Å². The molecule has 1 atom stereocenters. The second-order valence-electron chi connectivity index (χ2n) is 7.34. The first-order valence-electron chi connectivity index (χ1n) is 9.78. The molecule has 2 heterocycles. The van der Waals surface area contributed by atoms with Crippen molar-refractivity contribution in [2.24, 2.45) is 0 Å². The van der Waals surface area contributed by atoms with E-state index in [1.54, 1.807) is 20.5 Å². The smallest absolute Gasteiger partial charge is 0.161 e. The predicted molar refractivity (Wildman–Crippen MR) is 111 cm³/mol. The van der Waals surface area contributed by atoms with E-state index >= 15 is 0 Å². The van der Waals surface area contributed by atoms with Gasteiger partial charge in [-0.25, -0.2) is 9.97 Å². The van der Waals surface area contributed by atoms with Gasteiger partial charge in [-0.2, -0.15) is 0 Å². The lowest BCUT2D eigenvalue weighted by atomic mass is 10.0. The van der Waals surface area contributed by atoms with E-state index in [4.69, 9.17) is 14.2 Å². The molecule has 1 aromatic heterocycles. The van der Waals surface area contributed by atoms with Crippen molar-refractivity contribution in [3.63, 3.8) is 0 Å². The molecule has 3 rings (SSSR count). The Labute approximate surface area is 171 Å². The molecule has 0 saturated carbocycles. The van der Waals surface area contributed by atoms with E-state index in [0.29, 0.717) is 50.8 Å². The molecule has 1 saturated heterocycles. The molecule has 1 aromatic carbocycles. The van der Waals surface area contributed by atoms with Gasteiger partial charge in [-0.3, -0.25) is 0 Å². The number of ether oxygens (including phenoxy) is 3. The fourth-order valence-corrected chi connectivity index (χ4v) is 3.43. The van der Waals surface area contributed by atoms with Crippen molar-refractivity contribution in [2.75, 3.05) is 52.0 Å². The van der Waals surface area contributed by atoms with Crippen molar-refractivity contribution in [3.05, 3.63) is 41.9 Å². The topological polar surface area (TPSA) is 89.0 Å². The number of nitrogens with one attached hydrogen (secondary N) is 1. The summed E-state index contributed by atoms with van der Waals surface area (Å²) in [5.41, 5.74) is 1.19. The first-order valence-corrected chi connectivity index (χ1v) is 9.78. The summed E-state index contributed by atoms with van der Waals surface area (Å²) in [6.07, 6.45) is 2.26. The van der Waals surface area contributed by atoms with Gasteiger partial charge in [-0.1, -0.05) is 6.07 Å². The molecule has 0 radical (unpaired) electrons. The largest absolute Gasteiger partial charge is 0.493 e. The van der Waals surface area contributed by atoms with Gasteiger partial charge in [0, 0.05) is 45.0 Å². The molecule has 1 unspecified atom stereocenters. The monoisotopic (exact) mass is 402 g/mol. The number of rotatable bonds is 10. The molecular weight excluding hydrogens is 372 g/mol. The van der Waals surface area contributed by atoms with Crippen LogP contribution in [0.25, 0.3) is 0 Å². The molecular formula is C21H30N4O4. The molecule has 0 spiro atoms. The third-order valence-electron chi connectivity index (χ3n) is 5.00. The maximum atomic E-state index is 10.9. The van der Waals surface area contributed by atoms with Crippen LogP contribution < -0.4 is 19.7 Å². The summed E-state index contributed by atoms with van der Waals surface area (Å²) >= 11 is 0. The van der Waals surface area contributed by atoms with Crippen LogP contribution in [-0.2, 0) is 11.3 Å². The molecule has 0 aliphatic carbocycles. The quantitative estimate of drug-likeness (QED) is 0.579. The number of anilines is 1. The first kappa shape index (κ1) is 21.3. The van der Waals surface area contributed by atoms with Gasteiger partial charge in [0.05, 0.1) is 19.3 Å². The normalized spacial score (nSPS) is 18.8. The summed E-state index contributed by atoms with van der Waals surface area (Å²) in [7, 11) is 3.26. The predicted octanol–water partition coefficient (Wildman–Crippen LogP) is 1.55. The van der Waals surface area contributed by atoms with Crippen molar-refractivity contribution in [1.82, 2.24) is 15.3 Å². The van der Waals surface area contributed by atoms with Crippen molar-refractivity contribution in [2.45, 2.75) is 25.5 Å². The average molecular weight is 402 g/mol. The van der Waals surface area contributed by atoms with Gasteiger partial charge in [-0.05, 0) is 31.0 Å². The van der Waals surface area contributed by atoms with Crippen LogP contribution in [0.15, 0.2) is 30.6 Å². The number of β-amino-alcohol motifs (C(OH)–C–C–N with tert-alkyl or cyclic N) is 1. The highest BCUT2D eigenvalue weighted by Crippen LogP contribution is 2.28. The second-order valence-corrected chi connectivity index (χ2v) is 7.34. The van der Waals surface area contributed by atoms with Crippen molar-refractivity contribution < 1.29 is 19.3 Å². The lowest BCUT2D eigenvalue weighted by Crippen LogP contribution is -2.43. The highest BCUT2D eigenvalue weighted by atomic mass is 16.5. The number of hydrogen-bond donors (Lipinski definition) is 2. The van der Waals surface area contributed by atoms with E-state index in [1.165, 1.54) is 0 Å². The maximum Gasteiger partial charge on any atom is 0.161 e. The Hall–Kier alpha value is -2.42. The summed E-state index contributed by atoms with van der Waals surface area (Å²) in [5.74, 6) is 2.24. The Bertz CT molecular complexity index is 804. The van der Waals surface area contributed by atoms with Crippen LogP contribution in [0.2, 0.25) is 0 Å². The molecule has 158 valence electrons. The van der Waals surface area contributed by atoms with Gasteiger partial charge in [0.1, 0.15) is 18.8 Å². The van der Waals surface area contributed by atoms with Gasteiger partial charge in [0.25, 0.3) is 0 Å². The van der Waals surface area contributed by atoms with Crippen LogP contribution in [0.4, 0.5) is 5.82 Å². The Kier molecular flexibility index (Phi) is 7.24. The lowest BCUT2D eigenvalue weighted by molar-refractivity contribution is 0.0626. The van der Waals surface area contributed by atoms with Crippen LogP contribution >= 0.6 is 0 Å². The Morgan fingerprint density at radius 1 is 1.17 bits per heavy atom. The highest BCUT2D eigenvalue weighted by molar-refractivity contribution is 5.43. The fraction of sp³-hybridized carbons (Fsp3) is 0.524. The molecule has 29 heavy (non-hydrogen) atoms.